The van der Waals surface area contributed by atoms with Gasteiger partial charge in [-0.25, -0.2) is 0 Å². The van der Waals surface area contributed by atoms with Crippen LogP contribution in [0.5, 0.6) is 11.5 Å². The van der Waals surface area contributed by atoms with Gasteiger partial charge in [0.25, 0.3) is 0 Å². The molecule has 2 aromatic rings. The quantitative estimate of drug-likeness (QED) is 0.459. The molecule has 0 saturated carbocycles. The normalized spacial score (nSPS) is 10.7. The number of hydrogen-bond donors (Lipinski definition) is 2. The van der Waals surface area contributed by atoms with Gasteiger partial charge in [-0.15, -0.1) is 6.42 Å². The maximum Gasteiger partial charge on any atom is 0.191 e. The molecule has 0 aliphatic rings. The number of pyridine rings is 1. The molecule has 6 heteroatoms. The van der Waals surface area contributed by atoms with Gasteiger partial charge < -0.3 is 20.1 Å². The SMILES string of the molecule is C#CCOc1cc(CNC(=NC)NCc2ccccn2)ccc1OC. The standard InChI is InChI=1S/C19H22N4O2/c1-4-11-25-18-12-15(8-9-17(18)24-3)13-22-19(20-2)23-14-16-7-5-6-10-21-16/h1,5-10,12H,11,13-14H2,2-3H3,(H2,20,22,23). The summed E-state index contributed by atoms with van der Waals surface area (Å²) in [6.07, 6.45) is 7.01. The van der Waals surface area contributed by atoms with Crippen LogP contribution in [0.1, 0.15) is 11.3 Å². The van der Waals surface area contributed by atoms with Crippen LogP contribution >= 0.6 is 0 Å². The van der Waals surface area contributed by atoms with Gasteiger partial charge in [-0.2, -0.15) is 0 Å². The number of ether oxygens (including phenoxy) is 2. The number of rotatable bonds is 7. The van der Waals surface area contributed by atoms with Crippen LogP contribution in [0.3, 0.4) is 0 Å². The van der Waals surface area contributed by atoms with Crippen molar-refractivity contribution in [3.8, 4) is 23.8 Å². The van der Waals surface area contributed by atoms with Crippen molar-refractivity contribution in [3.63, 3.8) is 0 Å². The van der Waals surface area contributed by atoms with Gasteiger partial charge in [0, 0.05) is 19.8 Å². The van der Waals surface area contributed by atoms with Gasteiger partial charge in [0.2, 0.25) is 0 Å². The molecule has 0 aliphatic carbocycles. The van der Waals surface area contributed by atoms with Gasteiger partial charge in [0.15, 0.2) is 17.5 Å². The van der Waals surface area contributed by atoms with E-state index >= 15 is 0 Å². The molecule has 0 fully saturated rings. The smallest absolute Gasteiger partial charge is 0.191 e. The molecular formula is C19H22N4O2. The van der Waals surface area contributed by atoms with Crippen molar-refractivity contribution in [2.24, 2.45) is 4.99 Å². The first-order valence-corrected chi connectivity index (χ1v) is 7.84. The van der Waals surface area contributed by atoms with Crippen molar-refractivity contribution in [2.75, 3.05) is 20.8 Å². The third-order valence-corrected chi connectivity index (χ3v) is 3.39. The van der Waals surface area contributed by atoms with E-state index in [2.05, 4.69) is 26.5 Å². The zero-order valence-corrected chi connectivity index (χ0v) is 14.5. The van der Waals surface area contributed by atoms with Crippen LogP contribution in [0.4, 0.5) is 0 Å². The second-order valence-corrected chi connectivity index (χ2v) is 5.08. The first-order chi connectivity index (χ1) is 12.3. The van der Waals surface area contributed by atoms with E-state index in [9.17, 15) is 0 Å². The average Bonchev–Trinajstić information content (AvgIpc) is 2.67. The summed E-state index contributed by atoms with van der Waals surface area (Å²) >= 11 is 0. The Balaban J connectivity index is 1.93. The lowest BCUT2D eigenvalue weighted by Gasteiger charge is -2.14. The molecule has 25 heavy (non-hydrogen) atoms. The lowest BCUT2D eigenvalue weighted by molar-refractivity contribution is 0.330. The van der Waals surface area contributed by atoms with Crippen molar-refractivity contribution in [2.45, 2.75) is 13.1 Å². The minimum Gasteiger partial charge on any atom is -0.493 e. The Hall–Kier alpha value is -3.20. The molecule has 0 unspecified atom stereocenters. The molecule has 0 aliphatic heterocycles. The van der Waals surface area contributed by atoms with E-state index in [1.54, 1.807) is 20.4 Å². The summed E-state index contributed by atoms with van der Waals surface area (Å²) in [7, 11) is 3.32. The van der Waals surface area contributed by atoms with E-state index in [1.807, 2.05) is 36.4 Å². The van der Waals surface area contributed by atoms with Crippen molar-refractivity contribution >= 4 is 5.96 Å². The van der Waals surface area contributed by atoms with Crippen LogP contribution in [-0.2, 0) is 13.1 Å². The Morgan fingerprint density at radius 1 is 1.20 bits per heavy atom. The third-order valence-electron chi connectivity index (χ3n) is 3.39. The summed E-state index contributed by atoms with van der Waals surface area (Å²) in [5.74, 6) is 4.41. The fraction of sp³-hybridized carbons (Fsp3) is 0.263. The Morgan fingerprint density at radius 2 is 2.04 bits per heavy atom. The monoisotopic (exact) mass is 338 g/mol. The summed E-state index contributed by atoms with van der Waals surface area (Å²) in [5, 5.41) is 6.47. The number of benzene rings is 1. The molecule has 0 amide bonds. The number of terminal acetylenes is 1. The Kier molecular flexibility index (Phi) is 7.13. The number of nitrogens with one attached hydrogen (secondary N) is 2. The maximum absolute atomic E-state index is 5.51. The Labute approximate surface area is 148 Å². The number of methoxy groups -OCH3 is 1. The first kappa shape index (κ1) is 18.1. The highest BCUT2D eigenvalue weighted by Crippen LogP contribution is 2.27. The van der Waals surface area contributed by atoms with Crippen molar-refractivity contribution in [3.05, 3.63) is 53.9 Å². The number of hydrogen-bond acceptors (Lipinski definition) is 4. The van der Waals surface area contributed by atoms with Gasteiger partial charge in [-0.3, -0.25) is 9.98 Å². The van der Waals surface area contributed by atoms with Gasteiger partial charge in [0.05, 0.1) is 19.3 Å². The number of aromatic nitrogens is 1. The Bertz CT molecular complexity index is 739. The van der Waals surface area contributed by atoms with Crippen LogP contribution in [0.15, 0.2) is 47.6 Å². The Morgan fingerprint density at radius 3 is 2.72 bits per heavy atom. The molecule has 2 N–H and O–H groups in total. The molecule has 1 heterocycles. The van der Waals surface area contributed by atoms with Gasteiger partial charge in [-0.05, 0) is 29.8 Å². The molecule has 2 rings (SSSR count). The minimum atomic E-state index is 0.195. The zero-order valence-electron chi connectivity index (χ0n) is 14.5. The number of nitrogens with zero attached hydrogens (tertiary/aromatic N) is 2. The molecule has 0 spiro atoms. The largest absolute Gasteiger partial charge is 0.493 e. The van der Waals surface area contributed by atoms with E-state index in [0.29, 0.717) is 30.5 Å². The van der Waals surface area contributed by atoms with Crippen molar-refractivity contribution in [1.29, 1.82) is 0 Å². The highest BCUT2D eigenvalue weighted by atomic mass is 16.5. The molecule has 0 atom stereocenters. The molecule has 0 radical (unpaired) electrons. The second kappa shape index (κ2) is 9.83. The van der Waals surface area contributed by atoms with E-state index in [0.717, 1.165) is 11.3 Å². The van der Waals surface area contributed by atoms with E-state index in [1.165, 1.54) is 0 Å². The minimum absolute atomic E-state index is 0.195. The van der Waals surface area contributed by atoms with Crippen LogP contribution in [-0.4, -0.2) is 31.7 Å². The van der Waals surface area contributed by atoms with Crippen LogP contribution in [0.25, 0.3) is 0 Å². The van der Waals surface area contributed by atoms with Gasteiger partial charge in [0.1, 0.15) is 6.61 Å². The fourth-order valence-electron chi connectivity index (χ4n) is 2.15. The van der Waals surface area contributed by atoms with E-state index < -0.39 is 0 Å². The zero-order chi connectivity index (χ0) is 17.9. The summed E-state index contributed by atoms with van der Waals surface area (Å²) < 4.78 is 10.8. The van der Waals surface area contributed by atoms with E-state index in [4.69, 9.17) is 15.9 Å². The van der Waals surface area contributed by atoms with Crippen molar-refractivity contribution < 1.29 is 9.47 Å². The lowest BCUT2D eigenvalue weighted by atomic mass is 10.2. The first-order valence-electron chi connectivity index (χ1n) is 7.84. The number of aliphatic imine (C=N–C) groups is 1. The van der Waals surface area contributed by atoms with Crippen LogP contribution in [0, 0.1) is 12.3 Å². The highest BCUT2D eigenvalue weighted by Gasteiger charge is 2.06. The molecule has 0 saturated heterocycles. The van der Waals surface area contributed by atoms with Gasteiger partial charge >= 0.3 is 0 Å². The predicted octanol–water partition coefficient (Wildman–Crippen LogP) is 1.97. The summed E-state index contributed by atoms with van der Waals surface area (Å²) in [5.41, 5.74) is 1.97. The molecule has 0 bridgehead atoms. The highest BCUT2D eigenvalue weighted by molar-refractivity contribution is 5.79. The summed E-state index contributed by atoms with van der Waals surface area (Å²) in [6, 6.07) is 11.5. The topological polar surface area (TPSA) is 67.8 Å². The number of guanidine groups is 1. The summed E-state index contributed by atoms with van der Waals surface area (Å²) in [4.78, 5) is 8.48. The molecule has 1 aromatic heterocycles. The second-order valence-electron chi connectivity index (χ2n) is 5.08. The molecular weight excluding hydrogens is 316 g/mol. The lowest BCUT2D eigenvalue weighted by Crippen LogP contribution is -2.36. The van der Waals surface area contributed by atoms with Crippen LogP contribution < -0.4 is 20.1 Å². The third kappa shape index (κ3) is 5.74. The van der Waals surface area contributed by atoms with Gasteiger partial charge in [-0.1, -0.05) is 18.1 Å². The average molecular weight is 338 g/mol. The molecule has 1 aromatic carbocycles. The maximum atomic E-state index is 5.51. The molecule has 6 nitrogen and oxygen atoms in total. The fourth-order valence-corrected chi connectivity index (χ4v) is 2.15. The van der Waals surface area contributed by atoms with Crippen LogP contribution in [0.2, 0.25) is 0 Å². The molecule has 130 valence electrons. The van der Waals surface area contributed by atoms with E-state index in [-0.39, 0.29) is 6.61 Å². The van der Waals surface area contributed by atoms with Crippen molar-refractivity contribution in [1.82, 2.24) is 15.6 Å². The summed E-state index contributed by atoms with van der Waals surface area (Å²) in [6.45, 7) is 1.37. The predicted molar refractivity (Wildman–Crippen MR) is 98.6 cm³/mol.